The van der Waals surface area contributed by atoms with E-state index in [1.807, 2.05) is 18.0 Å². The molecular weight excluding hydrogens is 348 g/mol. The van der Waals surface area contributed by atoms with Gasteiger partial charge in [-0.1, -0.05) is 6.42 Å². The maximum atomic E-state index is 12.7. The van der Waals surface area contributed by atoms with Crippen molar-refractivity contribution in [1.29, 1.82) is 0 Å². The monoisotopic (exact) mass is 370 g/mol. The van der Waals surface area contributed by atoms with Gasteiger partial charge in [0, 0.05) is 23.9 Å². The number of amides is 1. The summed E-state index contributed by atoms with van der Waals surface area (Å²) in [5, 5.41) is 0. The van der Waals surface area contributed by atoms with Crippen molar-refractivity contribution in [1.82, 2.24) is 4.90 Å². The summed E-state index contributed by atoms with van der Waals surface area (Å²) in [7, 11) is 1.93. The highest BCUT2D eigenvalue weighted by Crippen LogP contribution is 2.42. The first-order valence-electron chi connectivity index (χ1n) is 7.79. The third kappa shape index (κ3) is 3.35. The smallest absolute Gasteiger partial charge is 0.225 e. The number of thiophene rings is 1. The van der Waals surface area contributed by atoms with E-state index in [1.54, 1.807) is 11.3 Å². The number of nitrogens with two attached hydrogens (primary N) is 1. The van der Waals surface area contributed by atoms with E-state index < -0.39 is 0 Å². The van der Waals surface area contributed by atoms with Gasteiger partial charge in [-0.3, -0.25) is 4.79 Å². The van der Waals surface area contributed by atoms with Crippen molar-refractivity contribution in [3.63, 3.8) is 0 Å². The molecule has 0 saturated heterocycles. The van der Waals surface area contributed by atoms with Crippen molar-refractivity contribution in [2.75, 3.05) is 7.05 Å². The van der Waals surface area contributed by atoms with E-state index in [9.17, 15) is 4.79 Å². The van der Waals surface area contributed by atoms with Crippen LogP contribution in [0.1, 0.15) is 37.0 Å². The minimum atomic E-state index is 0.188. The molecule has 1 heterocycles. The van der Waals surface area contributed by atoms with Gasteiger partial charge < -0.3 is 10.6 Å². The Labute approximate surface area is 139 Å². The Bertz CT molecular complexity index is 504. The van der Waals surface area contributed by atoms with E-state index in [1.165, 1.54) is 24.1 Å². The molecule has 0 spiro atoms. The first-order chi connectivity index (χ1) is 10.0. The Kier molecular flexibility index (Phi) is 4.71. The van der Waals surface area contributed by atoms with Crippen LogP contribution in [0.3, 0.4) is 0 Å². The average Bonchev–Trinajstić information content (AvgIpc) is 2.83. The van der Waals surface area contributed by atoms with Gasteiger partial charge in [-0.05, 0) is 65.6 Å². The Morgan fingerprint density at radius 3 is 2.62 bits per heavy atom. The molecule has 1 aromatic heterocycles. The quantitative estimate of drug-likeness (QED) is 0.882. The molecule has 2 bridgehead atoms. The third-order valence-corrected chi connectivity index (χ3v) is 6.77. The van der Waals surface area contributed by atoms with Crippen LogP contribution in [-0.4, -0.2) is 23.9 Å². The van der Waals surface area contributed by atoms with Crippen LogP contribution < -0.4 is 5.73 Å². The lowest BCUT2D eigenvalue weighted by molar-refractivity contribution is -0.137. The number of fused-ring (bicyclic) bond motifs is 2. The van der Waals surface area contributed by atoms with Gasteiger partial charge in [0.1, 0.15) is 0 Å². The van der Waals surface area contributed by atoms with Crippen LogP contribution in [0.4, 0.5) is 0 Å². The normalized spacial score (nSPS) is 32.0. The number of hydrogen-bond donors (Lipinski definition) is 1. The molecule has 2 aliphatic carbocycles. The lowest BCUT2D eigenvalue weighted by Crippen LogP contribution is -2.49. The Morgan fingerprint density at radius 2 is 2.05 bits per heavy atom. The van der Waals surface area contributed by atoms with Gasteiger partial charge >= 0.3 is 0 Å². The number of rotatable bonds is 3. The molecule has 3 rings (SSSR count). The Morgan fingerprint density at radius 1 is 1.38 bits per heavy atom. The van der Waals surface area contributed by atoms with Crippen molar-refractivity contribution in [3.05, 3.63) is 20.8 Å². The second kappa shape index (κ2) is 6.39. The van der Waals surface area contributed by atoms with Crippen molar-refractivity contribution >= 4 is 33.2 Å². The van der Waals surface area contributed by atoms with Gasteiger partial charge in [0.25, 0.3) is 0 Å². The standard InChI is InChI=1S/C16H23BrN2OS/c1-19(9-13-5-6-14(17)21-13)16(20)12-7-10-3-2-4-11(8-12)15(10)18/h5-6,10-12,15H,2-4,7-9,18H2,1H3. The molecule has 2 N–H and O–H groups in total. The van der Waals surface area contributed by atoms with Gasteiger partial charge in [-0.15, -0.1) is 11.3 Å². The molecule has 2 fully saturated rings. The minimum absolute atomic E-state index is 0.188. The molecule has 1 aromatic rings. The maximum Gasteiger partial charge on any atom is 0.225 e. The van der Waals surface area contributed by atoms with Crippen LogP contribution in [-0.2, 0) is 11.3 Å². The van der Waals surface area contributed by atoms with Gasteiger partial charge in [-0.25, -0.2) is 0 Å². The molecule has 0 aliphatic heterocycles. The van der Waals surface area contributed by atoms with Crippen LogP contribution in [0.2, 0.25) is 0 Å². The lowest BCUT2D eigenvalue weighted by atomic mass is 9.65. The summed E-state index contributed by atoms with van der Waals surface area (Å²) in [5.41, 5.74) is 6.32. The molecule has 2 atom stereocenters. The number of nitrogens with zero attached hydrogens (tertiary/aromatic N) is 1. The van der Waals surface area contributed by atoms with E-state index in [2.05, 4.69) is 22.0 Å². The van der Waals surface area contributed by atoms with Crippen LogP contribution >= 0.6 is 27.3 Å². The van der Waals surface area contributed by atoms with Crippen LogP contribution in [0.15, 0.2) is 15.9 Å². The van der Waals surface area contributed by atoms with Crippen molar-refractivity contribution in [2.24, 2.45) is 23.5 Å². The number of carbonyl (C=O) groups excluding carboxylic acids is 1. The fourth-order valence-corrected chi connectivity index (χ4v) is 5.59. The Balaban J connectivity index is 1.62. The highest BCUT2D eigenvalue weighted by atomic mass is 79.9. The zero-order valence-electron chi connectivity index (χ0n) is 12.4. The predicted octanol–water partition coefficient (Wildman–Crippen LogP) is 3.62. The summed E-state index contributed by atoms with van der Waals surface area (Å²) in [6.45, 7) is 0.715. The number of halogens is 1. The van der Waals surface area contributed by atoms with Gasteiger partial charge in [0.2, 0.25) is 5.91 Å². The highest BCUT2D eigenvalue weighted by molar-refractivity contribution is 9.11. The predicted molar refractivity (Wildman–Crippen MR) is 90.0 cm³/mol. The molecule has 3 nitrogen and oxygen atoms in total. The summed E-state index contributed by atoms with van der Waals surface area (Å²) in [4.78, 5) is 15.9. The second-order valence-corrected chi connectivity index (χ2v) is 9.14. The Hall–Kier alpha value is -0.390. The van der Waals surface area contributed by atoms with Gasteiger partial charge in [0.15, 0.2) is 0 Å². The molecular formula is C16H23BrN2OS. The molecule has 5 heteroatoms. The van der Waals surface area contributed by atoms with Crippen molar-refractivity contribution < 1.29 is 4.79 Å². The van der Waals surface area contributed by atoms with Crippen LogP contribution in [0, 0.1) is 17.8 Å². The van der Waals surface area contributed by atoms with E-state index in [-0.39, 0.29) is 5.92 Å². The SMILES string of the molecule is CN(Cc1ccc(Br)s1)C(=O)C1CC2CCCC(C1)C2N. The summed E-state index contributed by atoms with van der Waals surface area (Å²) in [6, 6.07) is 4.47. The second-order valence-electron chi connectivity index (χ2n) is 6.60. The highest BCUT2D eigenvalue weighted by Gasteiger charge is 2.41. The molecule has 2 saturated carbocycles. The van der Waals surface area contributed by atoms with E-state index in [0.29, 0.717) is 30.3 Å². The first kappa shape index (κ1) is 15.5. The maximum absolute atomic E-state index is 12.7. The van der Waals surface area contributed by atoms with Crippen molar-refractivity contribution in [3.8, 4) is 0 Å². The van der Waals surface area contributed by atoms with Crippen molar-refractivity contribution in [2.45, 2.75) is 44.7 Å². The van der Waals surface area contributed by atoms with E-state index in [4.69, 9.17) is 5.73 Å². The molecule has 2 unspecified atom stereocenters. The summed E-state index contributed by atoms with van der Waals surface area (Å²) < 4.78 is 1.12. The zero-order valence-corrected chi connectivity index (χ0v) is 14.8. The largest absolute Gasteiger partial charge is 0.340 e. The minimum Gasteiger partial charge on any atom is -0.340 e. The molecule has 21 heavy (non-hydrogen) atoms. The first-order valence-corrected chi connectivity index (χ1v) is 9.40. The number of carbonyl (C=O) groups is 1. The summed E-state index contributed by atoms with van der Waals surface area (Å²) in [6.07, 6.45) is 5.71. The van der Waals surface area contributed by atoms with Crippen LogP contribution in [0.5, 0.6) is 0 Å². The van der Waals surface area contributed by atoms with Gasteiger partial charge in [-0.2, -0.15) is 0 Å². The van der Waals surface area contributed by atoms with E-state index >= 15 is 0 Å². The summed E-state index contributed by atoms with van der Waals surface area (Å²) >= 11 is 5.18. The molecule has 2 aliphatic rings. The third-order valence-electron chi connectivity index (χ3n) is 5.16. The number of hydrogen-bond acceptors (Lipinski definition) is 3. The molecule has 1 amide bonds. The molecule has 116 valence electrons. The zero-order chi connectivity index (χ0) is 15.0. The van der Waals surface area contributed by atoms with Crippen LogP contribution in [0.25, 0.3) is 0 Å². The lowest BCUT2D eigenvalue weighted by Gasteiger charge is -2.44. The molecule has 0 radical (unpaired) electrons. The fourth-order valence-electron chi connectivity index (χ4n) is 4.05. The topological polar surface area (TPSA) is 46.3 Å². The molecule has 0 aromatic carbocycles. The fraction of sp³-hybridized carbons (Fsp3) is 0.688. The van der Waals surface area contributed by atoms with E-state index in [0.717, 1.165) is 16.6 Å². The van der Waals surface area contributed by atoms with Gasteiger partial charge in [0.05, 0.1) is 10.3 Å². The average molecular weight is 371 g/mol. The summed E-state index contributed by atoms with van der Waals surface area (Å²) in [5.74, 6) is 1.63.